The smallest absolute Gasteiger partial charge is 0.370 e. The number of nitrogens with one attached hydrogen (secondary N) is 1. The Hall–Kier alpha value is -2.13. The Balaban J connectivity index is 1.60. The predicted octanol–water partition coefficient (Wildman–Crippen LogP) is 3.92. The zero-order valence-electron chi connectivity index (χ0n) is 16.5. The molecule has 1 aromatic carbocycles. The van der Waals surface area contributed by atoms with E-state index in [1.54, 1.807) is 24.5 Å². The molecule has 29 heavy (non-hydrogen) atoms. The van der Waals surface area contributed by atoms with E-state index >= 15 is 0 Å². The minimum absolute atomic E-state index is 0.425. The first-order chi connectivity index (χ1) is 13.9. The van der Waals surface area contributed by atoms with Crippen molar-refractivity contribution in [2.24, 2.45) is 4.99 Å². The average molecular weight is 427 g/mol. The molecule has 0 spiro atoms. The lowest BCUT2D eigenvalue weighted by atomic mass is 10.0. The van der Waals surface area contributed by atoms with Crippen molar-refractivity contribution in [3.63, 3.8) is 0 Å². The van der Waals surface area contributed by atoms with Crippen molar-refractivity contribution in [1.29, 1.82) is 0 Å². The monoisotopic (exact) mass is 426 g/mol. The number of nitrogens with zero attached hydrogens (tertiary/aromatic N) is 3. The van der Waals surface area contributed by atoms with Gasteiger partial charge in [0.2, 0.25) is 0 Å². The zero-order valence-corrected chi connectivity index (χ0v) is 17.3. The Morgan fingerprint density at radius 1 is 1.41 bits per heavy atom. The number of thiazole rings is 1. The minimum atomic E-state index is -4.37. The molecule has 1 aromatic heterocycles. The Morgan fingerprint density at radius 2 is 2.24 bits per heavy atom. The van der Waals surface area contributed by atoms with Gasteiger partial charge < -0.3 is 15.0 Å². The third-order valence-corrected chi connectivity index (χ3v) is 5.94. The van der Waals surface area contributed by atoms with E-state index in [4.69, 9.17) is 4.74 Å². The highest BCUT2D eigenvalue weighted by atomic mass is 32.1. The maximum atomic E-state index is 13.0. The standard InChI is InChI=1S/C20H25F3N4OS/c1-3-16-12-26-18(29-16)7-8-25-19(24-2)27-9-10-28-17(13-27)14-5-4-6-15(11-14)20(21,22)23/h4-6,11-12,17H,3,7-10,13H2,1-2H3,(H,24,25). The van der Waals surface area contributed by atoms with Crippen LogP contribution in [0.3, 0.4) is 0 Å². The maximum absolute atomic E-state index is 13.0. The molecule has 0 aliphatic carbocycles. The van der Waals surface area contributed by atoms with Crippen LogP contribution < -0.4 is 5.32 Å². The van der Waals surface area contributed by atoms with Crippen LogP contribution in [-0.2, 0) is 23.8 Å². The van der Waals surface area contributed by atoms with Gasteiger partial charge in [0.15, 0.2) is 5.96 Å². The number of rotatable bonds is 5. The van der Waals surface area contributed by atoms with Crippen molar-refractivity contribution >= 4 is 17.3 Å². The van der Waals surface area contributed by atoms with Crippen LogP contribution in [-0.4, -0.2) is 49.1 Å². The summed E-state index contributed by atoms with van der Waals surface area (Å²) in [4.78, 5) is 12.0. The van der Waals surface area contributed by atoms with E-state index in [1.807, 2.05) is 11.1 Å². The first kappa shape index (κ1) is 21.6. The number of benzene rings is 1. The van der Waals surface area contributed by atoms with E-state index in [0.29, 0.717) is 31.8 Å². The third kappa shape index (κ3) is 5.70. The second-order valence-electron chi connectivity index (χ2n) is 6.73. The van der Waals surface area contributed by atoms with Gasteiger partial charge in [-0.15, -0.1) is 11.3 Å². The topological polar surface area (TPSA) is 49.8 Å². The maximum Gasteiger partial charge on any atom is 0.416 e. The van der Waals surface area contributed by atoms with Crippen molar-refractivity contribution in [3.05, 3.63) is 51.5 Å². The predicted molar refractivity (Wildman–Crippen MR) is 108 cm³/mol. The number of morpholine rings is 1. The molecule has 9 heteroatoms. The summed E-state index contributed by atoms with van der Waals surface area (Å²) in [7, 11) is 1.70. The summed E-state index contributed by atoms with van der Waals surface area (Å²) in [6.45, 7) is 4.30. The van der Waals surface area contributed by atoms with Crippen molar-refractivity contribution < 1.29 is 17.9 Å². The van der Waals surface area contributed by atoms with Crippen LogP contribution in [0.1, 0.15) is 34.0 Å². The normalized spacial score (nSPS) is 18.2. The molecule has 1 unspecified atom stereocenters. The van der Waals surface area contributed by atoms with E-state index in [2.05, 4.69) is 22.2 Å². The number of aliphatic imine (C=N–C) groups is 1. The molecule has 1 N–H and O–H groups in total. The lowest BCUT2D eigenvalue weighted by Gasteiger charge is -2.35. The highest BCUT2D eigenvalue weighted by Gasteiger charge is 2.32. The van der Waals surface area contributed by atoms with Crippen molar-refractivity contribution in [3.8, 4) is 0 Å². The second-order valence-corrected chi connectivity index (χ2v) is 7.93. The van der Waals surface area contributed by atoms with Gasteiger partial charge in [-0.1, -0.05) is 19.1 Å². The molecule has 2 aromatic rings. The summed E-state index contributed by atoms with van der Waals surface area (Å²) >= 11 is 1.71. The Bertz CT molecular complexity index is 837. The van der Waals surface area contributed by atoms with Gasteiger partial charge in [-0.05, 0) is 24.1 Å². The van der Waals surface area contributed by atoms with Crippen molar-refractivity contribution in [2.75, 3.05) is 33.3 Å². The number of alkyl halides is 3. The van der Waals surface area contributed by atoms with Crippen LogP contribution in [0.25, 0.3) is 0 Å². The van der Waals surface area contributed by atoms with E-state index in [9.17, 15) is 13.2 Å². The van der Waals surface area contributed by atoms with Gasteiger partial charge >= 0.3 is 6.18 Å². The summed E-state index contributed by atoms with van der Waals surface area (Å²) in [5, 5.41) is 4.41. The molecule has 1 aliphatic rings. The quantitative estimate of drug-likeness (QED) is 0.582. The molecule has 0 bridgehead atoms. The Morgan fingerprint density at radius 3 is 2.93 bits per heavy atom. The Labute approximate surface area is 172 Å². The summed E-state index contributed by atoms with van der Waals surface area (Å²) in [5.41, 5.74) is -0.136. The molecule has 2 heterocycles. The fourth-order valence-electron chi connectivity index (χ4n) is 3.20. The molecular weight excluding hydrogens is 401 g/mol. The van der Waals surface area contributed by atoms with Crippen LogP contribution in [0.2, 0.25) is 0 Å². The van der Waals surface area contributed by atoms with Gasteiger partial charge in [-0.25, -0.2) is 4.98 Å². The van der Waals surface area contributed by atoms with E-state index in [-0.39, 0.29) is 0 Å². The van der Waals surface area contributed by atoms with Crippen LogP contribution in [0.15, 0.2) is 35.5 Å². The summed E-state index contributed by atoms with van der Waals surface area (Å²) in [5.74, 6) is 0.720. The van der Waals surface area contributed by atoms with Crippen LogP contribution in [0.4, 0.5) is 13.2 Å². The fourth-order valence-corrected chi connectivity index (χ4v) is 4.06. The van der Waals surface area contributed by atoms with Crippen LogP contribution in [0, 0.1) is 0 Å². The summed E-state index contributed by atoms with van der Waals surface area (Å²) in [6, 6.07) is 5.34. The number of guanidine groups is 1. The van der Waals surface area contributed by atoms with Crippen LogP contribution >= 0.6 is 11.3 Å². The molecule has 0 saturated carbocycles. The second kappa shape index (κ2) is 9.58. The SMILES string of the molecule is CCc1cnc(CCNC(=NC)N2CCOC(c3cccc(C(F)(F)F)c3)C2)s1. The number of hydrogen-bond donors (Lipinski definition) is 1. The number of ether oxygens (including phenoxy) is 1. The summed E-state index contributed by atoms with van der Waals surface area (Å²) in [6.07, 6.45) is -1.11. The molecule has 3 rings (SSSR count). The minimum Gasteiger partial charge on any atom is -0.370 e. The average Bonchev–Trinajstić information content (AvgIpc) is 3.19. The highest BCUT2D eigenvalue weighted by Crippen LogP contribution is 2.32. The number of halogens is 3. The molecule has 0 amide bonds. The fraction of sp³-hybridized carbons (Fsp3) is 0.500. The largest absolute Gasteiger partial charge is 0.416 e. The highest BCUT2D eigenvalue weighted by molar-refractivity contribution is 7.11. The van der Waals surface area contributed by atoms with Gasteiger partial charge in [0.1, 0.15) is 6.10 Å². The van der Waals surface area contributed by atoms with E-state index < -0.39 is 17.8 Å². The molecule has 1 saturated heterocycles. The van der Waals surface area contributed by atoms with Gasteiger partial charge in [0, 0.05) is 37.6 Å². The van der Waals surface area contributed by atoms with Gasteiger partial charge in [0.25, 0.3) is 0 Å². The van der Waals surface area contributed by atoms with Crippen molar-refractivity contribution in [2.45, 2.75) is 32.0 Å². The molecule has 158 valence electrons. The van der Waals surface area contributed by atoms with Crippen molar-refractivity contribution in [1.82, 2.24) is 15.2 Å². The molecule has 0 radical (unpaired) electrons. The van der Waals surface area contributed by atoms with Gasteiger partial charge in [0.05, 0.1) is 23.7 Å². The lowest BCUT2D eigenvalue weighted by Crippen LogP contribution is -2.48. The first-order valence-corrected chi connectivity index (χ1v) is 10.4. The number of hydrogen-bond acceptors (Lipinski definition) is 4. The Kier molecular flexibility index (Phi) is 7.13. The molecule has 1 aliphatic heterocycles. The van der Waals surface area contributed by atoms with E-state index in [1.165, 1.54) is 10.9 Å². The van der Waals surface area contributed by atoms with Gasteiger partial charge in [-0.2, -0.15) is 13.2 Å². The molecular formula is C20H25F3N4OS. The van der Waals surface area contributed by atoms with Crippen LogP contribution in [0.5, 0.6) is 0 Å². The lowest BCUT2D eigenvalue weighted by molar-refractivity contribution is -0.137. The summed E-state index contributed by atoms with van der Waals surface area (Å²) < 4.78 is 44.8. The van der Waals surface area contributed by atoms with E-state index in [0.717, 1.165) is 35.9 Å². The first-order valence-electron chi connectivity index (χ1n) is 9.58. The molecule has 1 atom stereocenters. The number of aromatic nitrogens is 1. The van der Waals surface area contributed by atoms with Gasteiger partial charge in [-0.3, -0.25) is 4.99 Å². The molecule has 1 fully saturated rings. The third-order valence-electron chi connectivity index (χ3n) is 4.74. The number of aryl methyl sites for hydroxylation is 1. The zero-order chi connectivity index (χ0) is 20.9. The molecule has 5 nitrogen and oxygen atoms in total.